The van der Waals surface area contributed by atoms with Crippen molar-refractivity contribution in [1.82, 2.24) is 29.6 Å². The molecule has 122 heavy (non-hydrogen) atoms. The first-order chi connectivity index (χ1) is 59.4. The lowest BCUT2D eigenvalue weighted by atomic mass is 9.74. The Hall–Kier alpha value is -11.3. The summed E-state index contributed by atoms with van der Waals surface area (Å²) in [5, 5.41) is 1.42. The molecule has 8 aromatic carbocycles. The summed E-state index contributed by atoms with van der Waals surface area (Å²) in [5.41, 5.74) is 36.2. The van der Waals surface area contributed by atoms with Gasteiger partial charge in [0.15, 0.2) is 5.60 Å². The summed E-state index contributed by atoms with van der Waals surface area (Å²) >= 11 is 3.03. The number of likely N-dealkylation sites (tertiary alicyclic amines) is 4. The number of aromatic nitrogens is 2. The number of fused-ring (bicyclic) bond motifs is 6. The van der Waals surface area contributed by atoms with Crippen molar-refractivity contribution in [3.8, 4) is 11.5 Å². The lowest BCUT2D eigenvalue weighted by molar-refractivity contribution is -0.143. The zero-order chi connectivity index (χ0) is 84.0. The van der Waals surface area contributed by atoms with Crippen LogP contribution in [0.2, 0.25) is 0 Å². The first kappa shape index (κ1) is 81.7. The Bertz CT molecular complexity index is 5920. The number of hydrogen-bond donors (Lipinski definition) is 6. The van der Waals surface area contributed by atoms with Crippen molar-refractivity contribution in [1.29, 1.82) is 0 Å². The predicted molar refractivity (Wildman–Crippen MR) is 475 cm³/mol. The first-order valence-electron chi connectivity index (χ1n) is 42.3. The molecule has 2 atom stereocenters. The highest BCUT2D eigenvalue weighted by atomic mass is 32.2. The molecule has 0 bridgehead atoms. The molecule has 11 aromatic rings. The second-order valence-corrected chi connectivity index (χ2v) is 35.6. The molecule has 22 nitrogen and oxygen atoms in total. The normalized spacial score (nSPS) is 20.1. The van der Waals surface area contributed by atoms with Gasteiger partial charge >= 0.3 is 26.2 Å². The Morgan fingerprint density at radius 2 is 0.967 bits per heavy atom. The van der Waals surface area contributed by atoms with Gasteiger partial charge in [-0.3, -0.25) is 24.0 Å². The fourth-order valence-electron chi connectivity index (χ4n) is 19.3. The summed E-state index contributed by atoms with van der Waals surface area (Å²) < 4.78 is 38.0. The second kappa shape index (κ2) is 34.2. The number of nitrogens with zero attached hydrogens (tertiary/aromatic N) is 4. The molecular weight excluding hydrogens is 1570 g/mol. The summed E-state index contributed by atoms with van der Waals surface area (Å²) in [6, 6.07) is 62.8. The predicted octanol–water partition coefficient (Wildman–Crippen LogP) is 14.2. The number of amides is 4. The minimum absolute atomic E-state index is 0.00632. The van der Waals surface area contributed by atoms with E-state index in [-0.39, 0.29) is 34.5 Å². The van der Waals surface area contributed by atoms with Crippen LogP contribution < -0.4 is 32.4 Å². The molecule has 8 aliphatic rings. The van der Waals surface area contributed by atoms with Crippen molar-refractivity contribution in [2.75, 3.05) is 71.8 Å². The van der Waals surface area contributed by atoms with Crippen molar-refractivity contribution in [2.24, 2.45) is 22.9 Å². The molecule has 6 fully saturated rings. The number of nitrogens with two attached hydrogens (primary N) is 4. The third-order valence-corrected chi connectivity index (χ3v) is 28.7. The van der Waals surface area contributed by atoms with E-state index in [0.29, 0.717) is 153 Å². The van der Waals surface area contributed by atoms with E-state index >= 15 is 0 Å². The highest BCUT2D eigenvalue weighted by molar-refractivity contribution is 8.00. The van der Waals surface area contributed by atoms with Crippen molar-refractivity contribution in [3.05, 3.63) is 300 Å². The molecule has 19 rings (SSSR count). The van der Waals surface area contributed by atoms with E-state index in [4.69, 9.17) is 51.0 Å². The van der Waals surface area contributed by atoms with E-state index in [1.165, 1.54) is 33.6 Å². The Kier molecular flexibility index (Phi) is 22.9. The third kappa shape index (κ3) is 15.5. The molecule has 8 aliphatic heterocycles. The van der Waals surface area contributed by atoms with Crippen LogP contribution in [0.5, 0.6) is 11.5 Å². The summed E-state index contributed by atoms with van der Waals surface area (Å²) in [6.07, 6.45) is 12.4. The number of thiophene rings is 1. The number of benzene rings is 8. The maximum absolute atomic E-state index is 14.4. The standard InChI is InChI=1S/C50H50BN5O6S2.C46H48BN5O6/c1-63-47-36(27-44(64-47)46(58)56-23-18-49(19-24-56)31-60-43-14-13-33(30-53)26-40(43)49)15-20-51-61-48(59)50(62-51,37-9-3-2-4-10-37)39-11-6-12-41-38(39)28-42(54-41)45(57)55-21-16-34(17-22-55)35-8-5-7-32(25-35)29-52;1-45(37-9-4-10-39-36(37)26-40(50-39)43(54)51-19-14-33(15-20-51)34-7-3-6-31(24-34)27-48)44(55)57-47(58-45)18-13-30-5-2-8-35(23-30)42(53)52-21-16-46(17-22-52)29-56-41-12-11-32(28-49)25-38(41)46/h2-15,20,25-28,34,54H,16-19,21-24,29-31,52-53H2,1H3;2-13,18,23-26,33,50H,14-17,19-22,27-29,48-49H2,1H3/b20-15+;18-13+/t50-;45-/m10/s1. The van der Waals surface area contributed by atoms with Gasteiger partial charge in [-0.1, -0.05) is 152 Å². The lowest BCUT2D eigenvalue weighted by Crippen LogP contribution is -2.46. The Balaban J connectivity index is 0.000000168. The smallest absolute Gasteiger partial charge is 0.504 e. The maximum Gasteiger partial charge on any atom is 0.558 e. The van der Waals surface area contributed by atoms with E-state index in [0.717, 1.165) is 111 Å². The minimum Gasteiger partial charge on any atom is -0.504 e. The van der Waals surface area contributed by atoms with Crippen LogP contribution in [0.1, 0.15) is 183 Å². The largest absolute Gasteiger partial charge is 0.558 e. The van der Waals surface area contributed by atoms with E-state index < -0.39 is 37.4 Å². The van der Waals surface area contributed by atoms with Gasteiger partial charge in [0.05, 0.1) is 22.3 Å². The number of carbonyl (C=O) groups is 6. The number of piperidine rings is 4. The van der Waals surface area contributed by atoms with Gasteiger partial charge in [0.25, 0.3) is 23.6 Å². The van der Waals surface area contributed by atoms with Gasteiger partial charge in [-0.25, -0.2) is 4.79 Å². The fourth-order valence-corrected chi connectivity index (χ4v) is 21.1. The fraction of sp³-hybridized carbons (Fsp3) is 0.312. The molecule has 4 amide bonds. The molecule has 0 aliphatic carbocycles. The molecule has 3 aromatic heterocycles. The van der Waals surface area contributed by atoms with Crippen molar-refractivity contribution in [2.45, 2.75) is 123 Å². The molecule has 2 spiro atoms. The Morgan fingerprint density at radius 3 is 1.52 bits per heavy atom. The Morgan fingerprint density at radius 1 is 0.484 bits per heavy atom. The number of carbonyl (C=O) groups excluding carboxylic acids is 6. The van der Waals surface area contributed by atoms with Crippen LogP contribution in [0, 0.1) is 0 Å². The van der Waals surface area contributed by atoms with E-state index in [1.54, 1.807) is 36.7 Å². The number of ether oxygens (including phenoxy) is 2. The number of thioether (sulfide) groups is 1. The summed E-state index contributed by atoms with van der Waals surface area (Å²) in [6.45, 7) is 10.0. The van der Waals surface area contributed by atoms with Gasteiger partial charge in [-0.15, -0.1) is 23.1 Å². The Labute approximate surface area is 717 Å². The molecule has 10 N–H and O–H groups in total. The molecule has 6 saturated heterocycles. The third-order valence-electron chi connectivity index (χ3n) is 26.4. The highest BCUT2D eigenvalue weighted by Gasteiger charge is 2.56. The minimum atomic E-state index is -1.62. The number of rotatable bonds is 18. The average Bonchev–Trinajstić information content (AvgIpc) is 1.53. The van der Waals surface area contributed by atoms with Gasteiger partial charge in [-0.2, -0.15) is 0 Å². The van der Waals surface area contributed by atoms with Crippen LogP contribution >= 0.6 is 23.1 Å². The molecule has 0 radical (unpaired) electrons. The zero-order valence-electron chi connectivity index (χ0n) is 68.5. The van der Waals surface area contributed by atoms with Gasteiger partial charge < -0.3 is 80.6 Å². The summed E-state index contributed by atoms with van der Waals surface area (Å²) in [5.74, 6) is 4.77. The highest BCUT2D eigenvalue weighted by Crippen LogP contribution is 2.50. The summed E-state index contributed by atoms with van der Waals surface area (Å²) in [4.78, 5) is 98.3. The first-order valence-corrected chi connectivity index (χ1v) is 44.3. The number of aromatic amines is 2. The quantitative estimate of drug-likeness (QED) is 0.0343. The molecule has 11 heterocycles. The molecule has 0 saturated carbocycles. The van der Waals surface area contributed by atoms with E-state index in [2.05, 4.69) is 58.5 Å². The monoisotopic (exact) mass is 1670 g/mol. The van der Waals surface area contributed by atoms with Crippen molar-refractivity contribution < 1.29 is 56.9 Å². The van der Waals surface area contributed by atoms with Gasteiger partial charge in [0.1, 0.15) is 22.9 Å². The maximum atomic E-state index is 14.4. The van der Waals surface area contributed by atoms with Gasteiger partial charge in [-0.05, 0) is 193 Å². The van der Waals surface area contributed by atoms with E-state index in [9.17, 15) is 28.8 Å². The second-order valence-electron chi connectivity index (χ2n) is 33.5. The molecule has 622 valence electrons. The van der Waals surface area contributed by atoms with Crippen LogP contribution in [0.4, 0.5) is 0 Å². The SMILES string of the molecule is CSc1sc(C(=O)N2CCC3(CC2)COc2ccc(CN)cc23)cc1/C=C/B1OC(=O)[C@@](c2ccccc2)(c2cccc3[nH]c(C(=O)N4CCC(c5cccc(CN)c5)CC4)cc23)O1.C[C@@]1(c2cccc3[nH]c(C(=O)N4CCC(c5cccc(CN)c5)CC4)cc23)OB(/C=C/c2cccc(C(=O)N3CCC4(CC3)COc3ccc(CN)cc34)c2)OC1=O. The molecular formula is C96H98B2N10O12S2. The van der Waals surface area contributed by atoms with Crippen LogP contribution in [-0.4, -0.2) is 151 Å². The number of hydrogen-bond acceptors (Lipinski definition) is 18. The van der Waals surface area contributed by atoms with Crippen LogP contribution in [-0.2, 0) is 76.4 Å². The average molecular weight is 1670 g/mol. The topological polar surface area (TPSA) is 306 Å². The summed E-state index contributed by atoms with van der Waals surface area (Å²) in [7, 11) is -1.98. The van der Waals surface area contributed by atoms with Crippen molar-refractivity contribution >= 4 is 107 Å². The lowest BCUT2D eigenvalue weighted by Gasteiger charge is -2.38. The van der Waals surface area contributed by atoms with Gasteiger partial charge in [0.2, 0.25) is 5.60 Å². The van der Waals surface area contributed by atoms with Crippen LogP contribution in [0.15, 0.2) is 210 Å². The molecule has 0 unspecified atom stereocenters. The van der Waals surface area contributed by atoms with Crippen LogP contribution in [0.25, 0.3) is 34.0 Å². The van der Waals surface area contributed by atoms with E-state index in [1.807, 2.05) is 178 Å². The zero-order valence-corrected chi connectivity index (χ0v) is 70.1. The van der Waals surface area contributed by atoms with Crippen LogP contribution in [0.3, 0.4) is 0 Å². The van der Waals surface area contributed by atoms with Crippen molar-refractivity contribution in [3.63, 3.8) is 0 Å². The number of H-pyrrole nitrogens is 2. The number of nitrogens with one attached hydrogen (secondary N) is 2. The van der Waals surface area contributed by atoms with Gasteiger partial charge in [0, 0.05) is 139 Å². The molecule has 26 heteroatoms.